The fraction of sp³-hybridized carbons (Fsp3) is 0.0625. The summed E-state index contributed by atoms with van der Waals surface area (Å²) in [7, 11) is 0. The molecule has 0 amide bonds. The normalized spacial score (nSPS) is 10.9. The van der Waals surface area contributed by atoms with Gasteiger partial charge in [0.25, 0.3) is 0 Å². The van der Waals surface area contributed by atoms with E-state index in [0.717, 1.165) is 22.8 Å². The van der Waals surface area contributed by atoms with Crippen molar-refractivity contribution < 1.29 is 4.79 Å². The fourth-order valence-electron chi connectivity index (χ4n) is 2.28. The molecule has 0 spiro atoms. The van der Waals surface area contributed by atoms with Crippen LogP contribution in [0.15, 0.2) is 48.7 Å². The molecule has 0 atom stereocenters. The maximum absolute atomic E-state index is 10.8. The number of aldehydes is 1. The van der Waals surface area contributed by atoms with Crippen molar-refractivity contribution >= 4 is 40.4 Å². The second kappa shape index (κ2) is 5.31. The van der Waals surface area contributed by atoms with Gasteiger partial charge in [-0.2, -0.15) is 0 Å². The molecule has 0 saturated carbocycles. The van der Waals surface area contributed by atoms with E-state index < -0.39 is 0 Å². The van der Waals surface area contributed by atoms with Crippen LogP contribution in [0.5, 0.6) is 0 Å². The van der Waals surface area contributed by atoms with Crippen molar-refractivity contribution in [2.24, 2.45) is 0 Å². The number of halogens is 2. The van der Waals surface area contributed by atoms with E-state index in [2.05, 4.69) is 4.57 Å². The van der Waals surface area contributed by atoms with Gasteiger partial charge in [0.15, 0.2) is 0 Å². The smallest absolute Gasteiger partial charge is 0.150 e. The minimum absolute atomic E-state index is 0.559. The summed E-state index contributed by atoms with van der Waals surface area (Å²) in [5.74, 6) is 0. The van der Waals surface area contributed by atoms with Crippen molar-refractivity contribution in [3.63, 3.8) is 0 Å². The number of fused-ring (bicyclic) bond motifs is 1. The predicted octanol–water partition coefficient (Wildman–Crippen LogP) is 4.81. The lowest BCUT2D eigenvalue weighted by Crippen LogP contribution is -1.98. The first-order valence-corrected chi connectivity index (χ1v) is 6.91. The van der Waals surface area contributed by atoms with Crippen LogP contribution < -0.4 is 0 Å². The average Bonchev–Trinajstić information content (AvgIpc) is 2.86. The van der Waals surface area contributed by atoms with Crippen LogP contribution in [0.3, 0.4) is 0 Å². The van der Waals surface area contributed by atoms with Gasteiger partial charge < -0.3 is 4.57 Å². The molecule has 2 nitrogen and oxygen atoms in total. The zero-order valence-electron chi connectivity index (χ0n) is 10.5. The molecular formula is C16H11Cl2NO. The number of benzene rings is 2. The Morgan fingerprint density at radius 3 is 2.75 bits per heavy atom. The summed E-state index contributed by atoms with van der Waals surface area (Å²) in [6, 6.07) is 13.2. The Bertz CT molecular complexity index is 792. The molecule has 0 saturated heterocycles. The predicted molar refractivity (Wildman–Crippen MR) is 82.9 cm³/mol. The molecule has 1 aromatic heterocycles. The van der Waals surface area contributed by atoms with Crippen molar-refractivity contribution in [2.75, 3.05) is 0 Å². The number of hydrogen-bond acceptors (Lipinski definition) is 1. The van der Waals surface area contributed by atoms with E-state index in [1.54, 1.807) is 6.07 Å². The van der Waals surface area contributed by atoms with Crippen molar-refractivity contribution in [3.05, 3.63) is 69.8 Å². The molecule has 3 aromatic rings. The molecular weight excluding hydrogens is 293 g/mol. The van der Waals surface area contributed by atoms with E-state index in [9.17, 15) is 4.79 Å². The van der Waals surface area contributed by atoms with Gasteiger partial charge in [-0.1, -0.05) is 35.3 Å². The first kappa shape index (κ1) is 13.2. The summed E-state index contributed by atoms with van der Waals surface area (Å²) in [6.45, 7) is 0.642. The second-order valence-corrected chi connectivity index (χ2v) is 5.38. The van der Waals surface area contributed by atoms with Crippen LogP contribution in [0.1, 0.15) is 15.9 Å². The highest BCUT2D eigenvalue weighted by atomic mass is 35.5. The van der Waals surface area contributed by atoms with Gasteiger partial charge in [0.05, 0.1) is 10.0 Å². The third-order valence-corrected chi connectivity index (χ3v) is 4.16. The SMILES string of the molecule is O=Cc1ccc2c(ccn2Cc2cccc(Cl)c2Cl)c1. The lowest BCUT2D eigenvalue weighted by molar-refractivity contribution is 0.112. The summed E-state index contributed by atoms with van der Waals surface area (Å²) in [6.07, 6.45) is 2.83. The molecule has 4 heteroatoms. The molecule has 3 rings (SSSR count). The summed E-state index contributed by atoms with van der Waals surface area (Å²) >= 11 is 12.2. The Labute approximate surface area is 126 Å². The van der Waals surface area contributed by atoms with E-state index in [4.69, 9.17) is 23.2 Å². The van der Waals surface area contributed by atoms with Crippen molar-refractivity contribution in [2.45, 2.75) is 6.54 Å². The van der Waals surface area contributed by atoms with Crippen LogP contribution in [0.25, 0.3) is 10.9 Å². The van der Waals surface area contributed by atoms with Gasteiger partial charge in [-0.25, -0.2) is 0 Å². The standard InChI is InChI=1S/C16H11Cl2NO/c17-14-3-1-2-13(16(14)18)9-19-7-6-12-8-11(10-20)4-5-15(12)19/h1-8,10H,9H2. The monoisotopic (exact) mass is 303 g/mol. The third-order valence-electron chi connectivity index (χ3n) is 3.30. The molecule has 0 bridgehead atoms. The van der Waals surface area contributed by atoms with Crippen LogP contribution in [0.2, 0.25) is 10.0 Å². The molecule has 20 heavy (non-hydrogen) atoms. The van der Waals surface area contributed by atoms with E-state index in [1.807, 2.05) is 42.6 Å². The highest BCUT2D eigenvalue weighted by Gasteiger charge is 2.07. The van der Waals surface area contributed by atoms with Gasteiger partial charge in [-0.3, -0.25) is 4.79 Å². The highest BCUT2D eigenvalue weighted by molar-refractivity contribution is 6.42. The number of hydrogen-bond donors (Lipinski definition) is 0. The third kappa shape index (κ3) is 2.33. The lowest BCUT2D eigenvalue weighted by Gasteiger charge is -2.08. The van der Waals surface area contributed by atoms with Gasteiger partial charge in [0, 0.05) is 29.2 Å². The van der Waals surface area contributed by atoms with Crippen molar-refractivity contribution in [1.29, 1.82) is 0 Å². The van der Waals surface area contributed by atoms with Crippen LogP contribution in [0, 0.1) is 0 Å². The maximum atomic E-state index is 10.8. The molecule has 0 aliphatic carbocycles. The zero-order chi connectivity index (χ0) is 14.1. The molecule has 0 aliphatic heterocycles. The van der Waals surface area contributed by atoms with Crippen LogP contribution in [-0.4, -0.2) is 10.9 Å². The lowest BCUT2D eigenvalue weighted by atomic mass is 10.2. The first-order valence-electron chi connectivity index (χ1n) is 6.16. The number of aromatic nitrogens is 1. The van der Waals surface area contributed by atoms with Crippen LogP contribution in [0.4, 0.5) is 0 Å². The Kier molecular flexibility index (Phi) is 3.51. The molecule has 0 radical (unpaired) electrons. The summed E-state index contributed by atoms with van der Waals surface area (Å²) in [5.41, 5.74) is 2.71. The van der Waals surface area contributed by atoms with E-state index in [1.165, 1.54) is 0 Å². The number of carbonyl (C=O) groups excluding carboxylic acids is 1. The second-order valence-electron chi connectivity index (χ2n) is 4.59. The largest absolute Gasteiger partial charge is 0.343 e. The Morgan fingerprint density at radius 1 is 1.10 bits per heavy atom. The van der Waals surface area contributed by atoms with Gasteiger partial charge in [0.1, 0.15) is 6.29 Å². The van der Waals surface area contributed by atoms with Gasteiger partial charge in [-0.05, 0) is 35.9 Å². The summed E-state index contributed by atoms with van der Waals surface area (Å²) < 4.78 is 2.08. The summed E-state index contributed by atoms with van der Waals surface area (Å²) in [4.78, 5) is 10.8. The maximum Gasteiger partial charge on any atom is 0.150 e. The Morgan fingerprint density at radius 2 is 1.95 bits per heavy atom. The van der Waals surface area contributed by atoms with Crippen LogP contribution in [-0.2, 0) is 6.54 Å². The summed E-state index contributed by atoms with van der Waals surface area (Å²) in [5, 5.41) is 2.18. The minimum atomic E-state index is 0.559. The van der Waals surface area contributed by atoms with Crippen molar-refractivity contribution in [1.82, 2.24) is 4.57 Å². The van der Waals surface area contributed by atoms with Gasteiger partial charge in [0.2, 0.25) is 0 Å². The minimum Gasteiger partial charge on any atom is -0.343 e. The highest BCUT2D eigenvalue weighted by Crippen LogP contribution is 2.27. The first-order chi connectivity index (χ1) is 9.69. The molecule has 100 valence electrons. The molecule has 0 fully saturated rings. The van der Waals surface area contributed by atoms with Gasteiger partial charge in [-0.15, -0.1) is 0 Å². The van der Waals surface area contributed by atoms with Gasteiger partial charge >= 0.3 is 0 Å². The van der Waals surface area contributed by atoms with E-state index in [-0.39, 0.29) is 0 Å². The molecule has 0 unspecified atom stereocenters. The zero-order valence-corrected chi connectivity index (χ0v) is 12.0. The topological polar surface area (TPSA) is 22.0 Å². The Hall–Kier alpha value is -1.77. The number of rotatable bonds is 3. The number of nitrogens with zero attached hydrogens (tertiary/aromatic N) is 1. The average molecular weight is 304 g/mol. The molecule has 2 aromatic carbocycles. The fourth-order valence-corrected chi connectivity index (χ4v) is 2.66. The van der Waals surface area contributed by atoms with Crippen molar-refractivity contribution in [3.8, 4) is 0 Å². The number of carbonyl (C=O) groups is 1. The van der Waals surface area contributed by atoms with E-state index >= 15 is 0 Å². The molecule has 0 aliphatic rings. The van der Waals surface area contributed by atoms with E-state index in [0.29, 0.717) is 22.2 Å². The van der Waals surface area contributed by atoms with Crippen LogP contribution >= 0.6 is 23.2 Å². The molecule has 0 N–H and O–H groups in total. The quantitative estimate of drug-likeness (QED) is 0.636. The Balaban J connectivity index is 2.03. The molecule has 1 heterocycles.